The van der Waals surface area contributed by atoms with E-state index in [1.54, 1.807) is 13.1 Å². The fourth-order valence-electron chi connectivity index (χ4n) is 2.61. The van der Waals surface area contributed by atoms with E-state index in [4.69, 9.17) is 0 Å². The summed E-state index contributed by atoms with van der Waals surface area (Å²) in [6.45, 7) is 4.88. The third-order valence-corrected chi connectivity index (χ3v) is 3.80. The van der Waals surface area contributed by atoms with Gasteiger partial charge in [0, 0.05) is 25.7 Å². The van der Waals surface area contributed by atoms with Gasteiger partial charge in [-0.2, -0.15) is 0 Å². The molecule has 2 aromatic heterocycles. The molecule has 1 N–H and O–H groups in total. The lowest BCUT2D eigenvalue weighted by atomic mass is 9.99. The van der Waals surface area contributed by atoms with Crippen LogP contribution < -0.4 is 5.32 Å². The van der Waals surface area contributed by atoms with Crippen LogP contribution in [0.2, 0.25) is 0 Å². The minimum Gasteiger partial charge on any atom is -0.364 e. The molecule has 1 atom stereocenters. The minimum absolute atomic E-state index is 0.0783. The molecule has 0 saturated carbocycles. The summed E-state index contributed by atoms with van der Waals surface area (Å²) >= 11 is 0. The summed E-state index contributed by atoms with van der Waals surface area (Å²) < 4.78 is 0. The van der Waals surface area contributed by atoms with Gasteiger partial charge in [0.1, 0.15) is 11.6 Å². The van der Waals surface area contributed by atoms with Crippen LogP contribution in [0, 0.1) is 6.92 Å². The van der Waals surface area contributed by atoms with Crippen molar-refractivity contribution in [3.8, 4) is 0 Å². The van der Waals surface area contributed by atoms with Crippen LogP contribution in [0.25, 0.3) is 0 Å². The number of amides is 1. The summed E-state index contributed by atoms with van der Waals surface area (Å²) in [5.74, 6) is 1.57. The molecule has 2 aromatic rings. The molecule has 0 aromatic carbocycles. The zero-order valence-electron chi connectivity index (χ0n) is 12.8. The second-order valence-corrected chi connectivity index (χ2v) is 5.42. The molecule has 22 heavy (non-hydrogen) atoms. The number of aromatic nitrogens is 3. The molecular formula is C16H19N5O. The van der Waals surface area contributed by atoms with Crippen molar-refractivity contribution in [3.63, 3.8) is 0 Å². The Kier molecular flexibility index (Phi) is 4.00. The first-order valence-electron chi connectivity index (χ1n) is 7.40. The van der Waals surface area contributed by atoms with Gasteiger partial charge in [-0.3, -0.25) is 9.78 Å². The second-order valence-electron chi connectivity index (χ2n) is 5.42. The number of rotatable bonds is 4. The number of nitrogens with zero attached hydrogens (tertiary/aromatic N) is 4. The van der Waals surface area contributed by atoms with Crippen molar-refractivity contribution in [2.75, 3.05) is 11.9 Å². The highest BCUT2D eigenvalue weighted by Gasteiger charge is 2.32. The van der Waals surface area contributed by atoms with E-state index in [1.807, 2.05) is 36.1 Å². The molecule has 0 radical (unpaired) electrons. The Morgan fingerprint density at radius 2 is 2.27 bits per heavy atom. The molecular weight excluding hydrogens is 278 g/mol. The predicted molar refractivity (Wildman–Crippen MR) is 83.1 cm³/mol. The molecule has 114 valence electrons. The van der Waals surface area contributed by atoms with E-state index < -0.39 is 0 Å². The van der Waals surface area contributed by atoms with E-state index in [9.17, 15) is 4.79 Å². The maximum absolute atomic E-state index is 11.5. The van der Waals surface area contributed by atoms with Gasteiger partial charge in [0.05, 0.1) is 24.0 Å². The Morgan fingerprint density at radius 1 is 1.41 bits per heavy atom. The van der Waals surface area contributed by atoms with Gasteiger partial charge in [-0.1, -0.05) is 6.07 Å². The largest absolute Gasteiger partial charge is 0.364 e. The fourth-order valence-corrected chi connectivity index (χ4v) is 2.61. The van der Waals surface area contributed by atoms with Gasteiger partial charge in [-0.25, -0.2) is 9.97 Å². The molecule has 0 spiro atoms. The van der Waals surface area contributed by atoms with Crippen molar-refractivity contribution < 1.29 is 4.79 Å². The highest BCUT2D eigenvalue weighted by atomic mass is 16.2. The Labute approximate surface area is 129 Å². The summed E-state index contributed by atoms with van der Waals surface area (Å²) in [4.78, 5) is 26.6. The van der Waals surface area contributed by atoms with E-state index in [2.05, 4.69) is 20.3 Å². The first-order valence-corrected chi connectivity index (χ1v) is 7.40. The lowest BCUT2D eigenvalue weighted by Gasteiger charge is -2.40. The molecule has 1 aliphatic rings. The molecule has 0 aliphatic carbocycles. The number of anilines is 1. The number of carbonyl (C=O) groups excluding carboxylic acids is 1. The van der Waals surface area contributed by atoms with Crippen molar-refractivity contribution in [1.82, 2.24) is 19.9 Å². The summed E-state index contributed by atoms with van der Waals surface area (Å²) in [6, 6.07) is 7.82. The van der Waals surface area contributed by atoms with Crippen LogP contribution in [-0.2, 0) is 11.3 Å². The first kappa shape index (κ1) is 14.4. The monoisotopic (exact) mass is 297 g/mol. The van der Waals surface area contributed by atoms with Gasteiger partial charge in [-0.15, -0.1) is 0 Å². The molecule has 1 fully saturated rings. The zero-order chi connectivity index (χ0) is 15.5. The van der Waals surface area contributed by atoms with Crippen LogP contribution in [0.5, 0.6) is 0 Å². The molecule has 6 nitrogen and oxygen atoms in total. The van der Waals surface area contributed by atoms with Crippen molar-refractivity contribution >= 4 is 11.7 Å². The van der Waals surface area contributed by atoms with Crippen LogP contribution >= 0.6 is 0 Å². The number of hydrogen-bond donors (Lipinski definition) is 1. The van der Waals surface area contributed by atoms with Crippen LogP contribution in [-0.4, -0.2) is 32.3 Å². The van der Waals surface area contributed by atoms with Gasteiger partial charge < -0.3 is 10.2 Å². The third-order valence-electron chi connectivity index (χ3n) is 3.80. The van der Waals surface area contributed by atoms with E-state index in [0.717, 1.165) is 30.2 Å². The van der Waals surface area contributed by atoms with Crippen molar-refractivity contribution in [2.24, 2.45) is 0 Å². The third kappa shape index (κ3) is 3.05. The lowest BCUT2D eigenvalue weighted by Crippen LogP contribution is -2.44. The quantitative estimate of drug-likeness (QED) is 0.935. The van der Waals surface area contributed by atoms with E-state index in [0.29, 0.717) is 12.4 Å². The first-order chi connectivity index (χ1) is 10.6. The fraction of sp³-hybridized carbons (Fsp3) is 0.375. The molecule has 1 amide bonds. The van der Waals surface area contributed by atoms with E-state index in [-0.39, 0.29) is 11.9 Å². The normalized spacial score (nSPS) is 17.0. The average Bonchev–Trinajstić information content (AvgIpc) is 2.44. The van der Waals surface area contributed by atoms with Crippen molar-refractivity contribution in [3.05, 3.63) is 47.7 Å². The summed E-state index contributed by atoms with van der Waals surface area (Å²) in [6.07, 6.45) is 2.72. The van der Waals surface area contributed by atoms with Gasteiger partial charge in [0.15, 0.2) is 0 Å². The van der Waals surface area contributed by atoms with Crippen LogP contribution in [0.1, 0.15) is 36.6 Å². The smallest absolute Gasteiger partial charge is 0.220 e. The van der Waals surface area contributed by atoms with E-state index in [1.165, 1.54) is 0 Å². The molecule has 3 heterocycles. The lowest BCUT2D eigenvalue weighted by molar-refractivity contribution is -0.136. The van der Waals surface area contributed by atoms with Crippen LogP contribution in [0.15, 0.2) is 30.5 Å². The van der Waals surface area contributed by atoms with E-state index >= 15 is 0 Å². The Balaban J connectivity index is 1.74. The minimum atomic E-state index is 0.0783. The average molecular weight is 297 g/mol. The Bertz CT molecular complexity index is 673. The van der Waals surface area contributed by atoms with Gasteiger partial charge in [0.2, 0.25) is 5.91 Å². The van der Waals surface area contributed by atoms with Gasteiger partial charge in [0.25, 0.3) is 0 Å². The number of carbonyl (C=O) groups is 1. The second kappa shape index (κ2) is 6.09. The number of likely N-dealkylation sites (tertiary alicyclic amines) is 1. The predicted octanol–water partition coefficient (Wildman–Crippen LogP) is 2.09. The number of hydrogen-bond acceptors (Lipinski definition) is 5. The Hall–Kier alpha value is -2.50. The Morgan fingerprint density at radius 3 is 2.91 bits per heavy atom. The van der Waals surface area contributed by atoms with Crippen LogP contribution in [0.4, 0.5) is 5.82 Å². The molecule has 3 rings (SSSR count). The number of nitrogens with one attached hydrogen (secondary N) is 1. The topological polar surface area (TPSA) is 71.0 Å². The SMILES string of the molecule is CC(=O)N1CC[C@@H]1c1cc(NCc2ccccn2)nc(C)n1. The summed E-state index contributed by atoms with van der Waals surface area (Å²) in [5.41, 5.74) is 1.85. The van der Waals surface area contributed by atoms with Crippen molar-refractivity contribution in [2.45, 2.75) is 32.9 Å². The molecule has 6 heteroatoms. The highest BCUT2D eigenvalue weighted by molar-refractivity contribution is 5.74. The van der Waals surface area contributed by atoms with Gasteiger partial charge >= 0.3 is 0 Å². The molecule has 1 saturated heterocycles. The maximum atomic E-state index is 11.5. The molecule has 0 unspecified atom stereocenters. The van der Waals surface area contributed by atoms with Gasteiger partial charge in [-0.05, 0) is 25.5 Å². The van der Waals surface area contributed by atoms with Crippen LogP contribution in [0.3, 0.4) is 0 Å². The standard InChI is InChI=1S/C16H19N5O/c1-11-19-14(15-6-8-21(15)12(2)22)9-16(20-11)18-10-13-5-3-4-7-17-13/h3-5,7,9,15H,6,8,10H2,1-2H3,(H,18,19,20)/t15-/m1/s1. The number of aryl methyl sites for hydroxylation is 1. The summed E-state index contributed by atoms with van der Waals surface area (Å²) in [7, 11) is 0. The number of pyridine rings is 1. The highest BCUT2D eigenvalue weighted by Crippen LogP contribution is 2.32. The molecule has 0 bridgehead atoms. The zero-order valence-corrected chi connectivity index (χ0v) is 12.8. The summed E-state index contributed by atoms with van der Waals surface area (Å²) in [5, 5.41) is 3.27. The maximum Gasteiger partial charge on any atom is 0.220 e. The molecule has 1 aliphatic heterocycles. The van der Waals surface area contributed by atoms with Crippen molar-refractivity contribution in [1.29, 1.82) is 0 Å².